The van der Waals surface area contributed by atoms with Gasteiger partial charge >= 0.3 is 0 Å². The topological polar surface area (TPSA) is 50.8 Å². The van der Waals surface area contributed by atoms with E-state index in [0.29, 0.717) is 30.1 Å². The molecule has 1 amide bonds. The molecule has 0 bridgehead atoms. The smallest absolute Gasteiger partial charge is 0.258 e. The van der Waals surface area contributed by atoms with Crippen LogP contribution in [0.15, 0.2) is 36.4 Å². The molecule has 2 unspecified atom stereocenters. The number of benzene rings is 2. The Morgan fingerprint density at radius 2 is 1.90 bits per heavy atom. The fourth-order valence-corrected chi connectivity index (χ4v) is 3.55. The fraction of sp³-hybridized carbons (Fsp3) is 0.435. The average Bonchev–Trinajstić information content (AvgIpc) is 2.66. The molecule has 0 aromatic heterocycles. The second-order valence-corrected chi connectivity index (χ2v) is 7.78. The number of carbonyl (C=O) groups excluding carboxylic acids is 1. The second kappa shape index (κ2) is 9.27. The minimum Gasteiger partial charge on any atom is -0.483 e. The first-order valence-electron chi connectivity index (χ1n) is 9.97. The lowest BCUT2D eigenvalue weighted by atomic mass is 10.1. The lowest BCUT2D eigenvalue weighted by Crippen LogP contribution is -2.45. The third kappa shape index (κ3) is 5.70. The van der Waals surface area contributed by atoms with Gasteiger partial charge in [0.15, 0.2) is 6.61 Å². The number of halogens is 1. The monoisotopic (exact) mass is 400 g/mol. The fourth-order valence-electron chi connectivity index (χ4n) is 3.55. The van der Waals surface area contributed by atoms with E-state index in [-0.39, 0.29) is 37.1 Å². The van der Waals surface area contributed by atoms with Crippen molar-refractivity contribution in [3.63, 3.8) is 0 Å². The Morgan fingerprint density at radius 1 is 1.17 bits per heavy atom. The van der Waals surface area contributed by atoms with Crippen LogP contribution in [-0.4, -0.2) is 37.8 Å². The van der Waals surface area contributed by atoms with E-state index in [1.807, 2.05) is 56.9 Å². The predicted octanol–water partition coefficient (Wildman–Crippen LogP) is 3.75. The van der Waals surface area contributed by atoms with Crippen LogP contribution in [0.1, 0.15) is 30.5 Å². The molecule has 1 heterocycles. The zero-order valence-corrected chi connectivity index (χ0v) is 17.5. The lowest BCUT2D eigenvalue weighted by molar-refractivity contribution is -0.123. The quantitative estimate of drug-likeness (QED) is 0.802. The molecule has 1 N–H and O–H groups in total. The molecule has 2 aromatic rings. The highest BCUT2D eigenvalue weighted by molar-refractivity contribution is 5.77. The van der Waals surface area contributed by atoms with Crippen molar-refractivity contribution in [1.82, 2.24) is 5.32 Å². The van der Waals surface area contributed by atoms with Crippen molar-refractivity contribution >= 4 is 11.6 Å². The Hall–Kier alpha value is -2.60. The van der Waals surface area contributed by atoms with Gasteiger partial charge in [0.25, 0.3) is 5.91 Å². The van der Waals surface area contributed by atoms with Crippen LogP contribution in [0.3, 0.4) is 0 Å². The standard InChI is InChI=1S/C23H29FN2O3/c1-15-5-6-16(2)22(9-15)28-14-23(27)25-11-19-7-8-21(20(24)10-19)26-12-17(3)29-18(4)13-26/h5-10,17-18H,11-14H2,1-4H3,(H,25,27). The summed E-state index contributed by atoms with van der Waals surface area (Å²) in [6, 6.07) is 11.0. The highest BCUT2D eigenvalue weighted by atomic mass is 19.1. The number of nitrogens with zero attached hydrogens (tertiary/aromatic N) is 1. The molecule has 1 saturated heterocycles. The van der Waals surface area contributed by atoms with Gasteiger partial charge in [-0.1, -0.05) is 18.2 Å². The summed E-state index contributed by atoms with van der Waals surface area (Å²) < 4.78 is 26.0. The Morgan fingerprint density at radius 3 is 2.59 bits per heavy atom. The molecule has 2 aromatic carbocycles. The molecule has 6 heteroatoms. The summed E-state index contributed by atoms with van der Waals surface area (Å²) in [5, 5.41) is 2.78. The molecular weight excluding hydrogens is 371 g/mol. The SMILES string of the molecule is Cc1ccc(C)c(OCC(=O)NCc2ccc(N3CC(C)OC(C)C3)c(F)c2)c1. The zero-order valence-electron chi connectivity index (χ0n) is 17.5. The third-order valence-corrected chi connectivity index (χ3v) is 4.96. The maximum absolute atomic E-state index is 14.6. The number of nitrogens with one attached hydrogen (secondary N) is 1. The van der Waals surface area contributed by atoms with Gasteiger partial charge in [-0.25, -0.2) is 4.39 Å². The molecule has 156 valence electrons. The number of anilines is 1. The van der Waals surface area contributed by atoms with Gasteiger partial charge in [0.1, 0.15) is 11.6 Å². The molecule has 2 atom stereocenters. The Bertz CT molecular complexity index is 861. The van der Waals surface area contributed by atoms with Crippen molar-refractivity contribution in [2.24, 2.45) is 0 Å². The summed E-state index contributed by atoms with van der Waals surface area (Å²) in [7, 11) is 0. The molecule has 1 aliphatic heterocycles. The number of morpholine rings is 1. The summed E-state index contributed by atoms with van der Waals surface area (Å²) >= 11 is 0. The van der Waals surface area contributed by atoms with E-state index in [0.717, 1.165) is 11.1 Å². The first-order chi connectivity index (χ1) is 13.8. The van der Waals surface area contributed by atoms with Crippen LogP contribution in [0.2, 0.25) is 0 Å². The number of hydrogen-bond acceptors (Lipinski definition) is 4. The highest BCUT2D eigenvalue weighted by Gasteiger charge is 2.24. The molecule has 0 saturated carbocycles. The molecule has 0 aliphatic carbocycles. The van der Waals surface area contributed by atoms with Crippen LogP contribution in [0.5, 0.6) is 5.75 Å². The molecule has 0 radical (unpaired) electrons. The molecule has 1 aliphatic rings. The first-order valence-corrected chi connectivity index (χ1v) is 9.97. The van der Waals surface area contributed by atoms with Gasteiger partial charge in [-0.15, -0.1) is 0 Å². The van der Waals surface area contributed by atoms with E-state index in [1.54, 1.807) is 6.07 Å². The van der Waals surface area contributed by atoms with Crippen LogP contribution in [0.4, 0.5) is 10.1 Å². The van der Waals surface area contributed by atoms with E-state index in [4.69, 9.17) is 9.47 Å². The van der Waals surface area contributed by atoms with Crippen molar-refractivity contribution < 1.29 is 18.7 Å². The van der Waals surface area contributed by atoms with Crippen LogP contribution < -0.4 is 15.0 Å². The van der Waals surface area contributed by atoms with Crippen LogP contribution in [0, 0.1) is 19.7 Å². The number of rotatable bonds is 6. The summed E-state index contributed by atoms with van der Waals surface area (Å²) in [6.45, 7) is 9.39. The number of ether oxygens (including phenoxy) is 2. The van der Waals surface area contributed by atoms with Gasteiger partial charge in [0.2, 0.25) is 0 Å². The van der Waals surface area contributed by atoms with Crippen LogP contribution >= 0.6 is 0 Å². The van der Waals surface area contributed by atoms with Crippen molar-refractivity contribution in [2.45, 2.75) is 46.4 Å². The lowest BCUT2D eigenvalue weighted by Gasteiger charge is -2.37. The Balaban J connectivity index is 1.53. The molecule has 0 spiro atoms. The predicted molar refractivity (Wildman–Crippen MR) is 112 cm³/mol. The Kier molecular flexibility index (Phi) is 6.75. The molecule has 3 rings (SSSR count). The maximum Gasteiger partial charge on any atom is 0.258 e. The minimum absolute atomic E-state index is 0.0640. The van der Waals surface area contributed by atoms with Crippen molar-refractivity contribution in [2.75, 3.05) is 24.6 Å². The zero-order chi connectivity index (χ0) is 21.0. The summed E-state index contributed by atoms with van der Waals surface area (Å²) in [5.74, 6) is 0.167. The first kappa shape index (κ1) is 21.1. The summed E-state index contributed by atoms with van der Waals surface area (Å²) in [6.07, 6.45) is 0.128. The summed E-state index contributed by atoms with van der Waals surface area (Å²) in [4.78, 5) is 14.1. The van der Waals surface area contributed by atoms with Crippen molar-refractivity contribution in [1.29, 1.82) is 0 Å². The van der Waals surface area contributed by atoms with Gasteiger partial charge < -0.3 is 19.7 Å². The van der Waals surface area contributed by atoms with E-state index in [1.165, 1.54) is 6.07 Å². The van der Waals surface area contributed by atoms with Gasteiger partial charge in [-0.2, -0.15) is 0 Å². The van der Waals surface area contributed by atoms with Gasteiger partial charge in [0.05, 0.1) is 17.9 Å². The second-order valence-electron chi connectivity index (χ2n) is 7.78. The number of amides is 1. The minimum atomic E-state index is -0.287. The molecule has 5 nitrogen and oxygen atoms in total. The largest absolute Gasteiger partial charge is 0.483 e. The van der Waals surface area contributed by atoms with Gasteiger partial charge in [0, 0.05) is 19.6 Å². The van der Waals surface area contributed by atoms with E-state index in [2.05, 4.69) is 5.32 Å². The third-order valence-electron chi connectivity index (χ3n) is 4.96. The van der Waals surface area contributed by atoms with Gasteiger partial charge in [-0.3, -0.25) is 4.79 Å². The van der Waals surface area contributed by atoms with Crippen LogP contribution in [0.25, 0.3) is 0 Å². The Labute approximate surface area is 171 Å². The number of hydrogen-bond donors (Lipinski definition) is 1. The maximum atomic E-state index is 14.6. The van der Waals surface area contributed by atoms with E-state index < -0.39 is 0 Å². The normalized spacial score (nSPS) is 19.1. The number of carbonyl (C=O) groups is 1. The average molecular weight is 400 g/mol. The van der Waals surface area contributed by atoms with E-state index >= 15 is 0 Å². The van der Waals surface area contributed by atoms with Crippen molar-refractivity contribution in [3.05, 3.63) is 58.9 Å². The van der Waals surface area contributed by atoms with Crippen molar-refractivity contribution in [3.8, 4) is 5.75 Å². The molecule has 1 fully saturated rings. The number of aryl methyl sites for hydroxylation is 2. The molecule has 29 heavy (non-hydrogen) atoms. The van der Waals surface area contributed by atoms with Crippen LogP contribution in [-0.2, 0) is 16.1 Å². The highest BCUT2D eigenvalue weighted by Crippen LogP contribution is 2.24. The van der Waals surface area contributed by atoms with E-state index in [9.17, 15) is 9.18 Å². The van der Waals surface area contributed by atoms with Gasteiger partial charge in [-0.05, 0) is 62.6 Å². The molecular formula is C23H29FN2O3. The summed E-state index contributed by atoms with van der Waals surface area (Å²) in [5.41, 5.74) is 3.33.